The van der Waals surface area contributed by atoms with Gasteiger partial charge in [-0.3, -0.25) is 4.79 Å². The van der Waals surface area contributed by atoms with E-state index < -0.39 is 11.4 Å². The molecule has 0 aliphatic heterocycles. The highest BCUT2D eigenvalue weighted by molar-refractivity contribution is 5.75. The molecule has 0 N–H and O–H groups in total. The lowest BCUT2D eigenvalue weighted by Gasteiger charge is -2.22. The third kappa shape index (κ3) is 6.12. The number of halogens is 1. The Kier molecular flexibility index (Phi) is 9.00. The van der Waals surface area contributed by atoms with E-state index in [0.29, 0.717) is 17.0 Å². The standard InChI is InChI=1S/C19H24FNO2.C2H6.CH4/c1-11(2)17-15(9-16(22)23-19(3,4)5)14(12-6-7-12)8-13(10-21)18(17)20;1-2;/h8,11-12H,6-7,9H2,1-5H3;1-2H3;1H4. The molecular formula is C22H34FNO2. The average molecular weight is 364 g/mol. The number of carbonyl (C=O) groups excluding carboxylic acids is 1. The highest BCUT2D eigenvalue weighted by Crippen LogP contribution is 2.44. The van der Waals surface area contributed by atoms with E-state index in [1.54, 1.807) is 6.07 Å². The first-order valence-electron chi connectivity index (χ1n) is 9.11. The summed E-state index contributed by atoms with van der Waals surface area (Å²) < 4.78 is 20.1. The van der Waals surface area contributed by atoms with E-state index in [9.17, 15) is 14.4 Å². The van der Waals surface area contributed by atoms with Crippen molar-refractivity contribution in [3.63, 3.8) is 0 Å². The molecule has 0 bridgehead atoms. The van der Waals surface area contributed by atoms with Crippen LogP contribution in [0.3, 0.4) is 0 Å². The number of nitriles is 1. The first-order chi connectivity index (χ1) is 11.6. The van der Waals surface area contributed by atoms with E-state index in [4.69, 9.17) is 4.74 Å². The molecule has 0 unspecified atom stereocenters. The molecule has 0 amide bonds. The molecule has 0 aromatic heterocycles. The van der Waals surface area contributed by atoms with Crippen molar-refractivity contribution in [2.24, 2.45) is 0 Å². The van der Waals surface area contributed by atoms with Crippen molar-refractivity contribution >= 4 is 5.97 Å². The van der Waals surface area contributed by atoms with Crippen molar-refractivity contribution in [1.82, 2.24) is 0 Å². The summed E-state index contributed by atoms with van der Waals surface area (Å²) in [5, 5.41) is 9.20. The lowest BCUT2D eigenvalue weighted by molar-refractivity contribution is -0.153. The summed E-state index contributed by atoms with van der Waals surface area (Å²) in [5.74, 6) is -0.619. The highest BCUT2D eigenvalue weighted by atomic mass is 19.1. The quantitative estimate of drug-likeness (QED) is 0.594. The van der Waals surface area contributed by atoms with Crippen LogP contribution in [0.15, 0.2) is 6.07 Å². The predicted molar refractivity (Wildman–Crippen MR) is 105 cm³/mol. The maximum atomic E-state index is 14.7. The molecule has 1 aromatic rings. The molecule has 0 atom stereocenters. The fraction of sp³-hybridized carbons (Fsp3) is 0.636. The fourth-order valence-electron chi connectivity index (χ4n) is 2.90. The monoisotopic (exact) mass is 363 g/mol. The predicted octanol–water partition coefficient (Wildman–Crippen LogP) is 6.24. The van der Waals surface area contributed by atoms with Crippen LogP contribution in [-0.4, -0.2) is 11.6 Å². The number of ether oxygens (including phenoxy) is 1. The number of carbonyl (C=O) groups is 1. The average Bonchev–Trinajstić information content (AvgIpc) is 3.32. The molecule has 0 heterocycles. The third-order valence-electron chi connectivity index (χ3n) is 3.90. The van der Waals surface area contributed by atoms with Gasteiger partial charge in [-0.1, -0.05) is 35.1 Å². The Bertz CT molecular complexity index is 662. The zero-order valence-corrected chi connectivity index (χ0v) is 16.5. The zero-order chi connectivity index (χ0) is 19.4. The number of hydrogen-bond donors (Lipinski definition) is 0. The molecule has 1 aliphatic carbocycles. The summed E-state index contributed by atoms with van der Waals surface area (Å²) in [7, 11) is 0. The smallest absolute Gasteiger partial charge is 0.310 e. The molecule has 0 spiro atoms. The van der Waals surface area contributed by atoms with Crippen LogP contribution in [0.2, 0.25) is 0 Å². The van der Waals surface area contributed by atoms with E-state index in [1.165, 1.54) is 0 Å². The Morgan fingerprint density at radius 2 is 1.88 bits per heavy atom. The van der Waals surface area contributed by atoms with Gasteiger partial charge in [0.25, 0.3) is 0 Å². The summed E-state index contributed by atoms with van der Waals surface area (Å²) in [6.07, 6.45) is 2.10. The summed E-state index contributed by atoms with van der Waals surface area (Å²) in [5.41, 5.74) is 1.64. The maximum absolute atomic E-state index is 14.7. The minimum Gasteiger partial charge on any atom is -0.460 e. The molecule has 1 aromatic carbocycles. The second-order valence-electron chi connectivity index (χ2n) is 7.52. The first-order valence-corrected chi connectivity index (χ1v) is 9.11. The minimum absolute atomic E-state index is 0. The van der Waals surface area contributed by atoms with Gasteiger partial charge in [0.2, 0.25) is 0 Å². The summed E-state index contributed by atoms with van der Waals surface area (Å²) in [6.45, 7) is 13.2. The van der Waals surface area contributed by atoms with Crippen molar-refractivity contribution < 1.29 is 13.9 Å². The molecule has 1 aliphatic rings. The Morgan fingerprint density at radius 3 is 2.27 bits per heavy atom. The van der Waals surface area contributed by atoms with Gasteiger partial charge in [-0.15, -0.1) is 0 Å². The van der Waals surface area contributed by atoms with Crippen LogP contribution in [0.1, 0.15) is 103 Å². The van der Waals surface area contributed by atoms with E-state index in [2.05, 4.69) is 0 Å². The largest absolute Gasteiger partial charge is 0.460 e. The zero-order valence-electron chi connectivity index (χ0n) is 16.5. The Morgan fingerprint density at radius 1 is 1.35 bits per heavy atom. The van der Waals surface area contributed by atoms with Gasteiger partial charge in [-0.25, -0.2) is 4.39 Å². The molecule has 146 valence electrons. The first kappa shape index (κ1) is 24.1. The van der Waals surface area contributed by atoms with Crippen LogP contribution in [0, 0.1) is 17.1 Å². The Labute approximate surface area is 158 Å². The number of nitrogens with zero attached hydrogens (tertiary/aromatic N) is 1. The molecule has 3 nitrogen and oxygen atoms in total. The van der Waals surface area contributed by atoms with E-state index in [-0.39, 0.29) is 31.3 Å². The number of rotatable bonds is 4. The van der Waals surface area contributed by atoms with Gasteiger partial charge in [0.05, 0.1) is 12.0 Å². The Hall–Kier alpha value is -1.89. The lowest BCUT2D eigenvalue weighted by Crippen LogP contribution is -2.25. The number of hydrogen-bond acceptors (Lipinski definition) is 3. The van der Waals surface area contributed by atoms with Gasteiger partial charge in [0.1, 0.15) is 17.5 Å². The molecule has 0 saturated heterocycles. The molecular weight excluding hydrogens is 329 g/mol. The topological polar surface area (TPSA) is 50.1 Å². The summed E-state index contributed by atoms with van der Waals surface area (Å²) in [4.78, 5) is 12.3. The molecule has 0 radical (unpaired) electrons. The van der Waals surface area contributed by atoms with Gasteiger partial charge in [0, 0.05) is 0 Å². The third-order valence-corrected chi connectivity index (χ3v) is 3.90. The maximum Gasteiger partial charge on any atom is 0.310 e. The van der Waals surface area contributed by atoms with E-state index >= 15 is 0 Å². The summed E-state index contributed by atoms with van der Waals surface area (Å²) in [6, 6.07) is 3.56. The highest BCUT2D eigenvalue weighted by Gasteiger charge is 2.32. The normalized spacial score (nSPS) is 13.2. The number of esters is 1. The fourth-order valence-corrected chi connectivity index (χ4v) is 2.90. The molecule has 4 heteroatoms. The summed E-state index contributed by atoms with van der Waals surface area (Å²) >= 11 is 0. The van der Waals surface area contributed by atoms with Crippen LogP contribution < -0.4 is 0 Å². The van der Waals surface area contributed by atoms with Gasteiger partial charge in [-0.2, -0.15) is 5.26 Å². The van der Waals surface area contributed by atoms with Crippen molar-refractivity contribution in [3.05, 3.63) is 34.1 Å². The van der Waals surface area contributed by atoms with Crippen molar-refractivity contribution in [2.75, 3.05) is 0 Å². The molecule has 1 saturated carbocycles. The molecule has 26 heavy (non-hydrogen) atoms. The van der Waals surface area contributed by atoms with Crippen LogP contribution in [0.4, 0.5) is 4.39 Å². The van der Waals surface area contributed by atoms with Crippen LogP contribution in [0.25, 0.3) is 0 Å². The lowest BCUT2D eigenvalue weighted by atomic mass is 9.87. The van der Waals surface area contributed by atoms with Crippen LogP contribution >= 0.6 is 0 Å². The van der Waals surface area contributed by atoms with E-state index in [1.807, 2.05) is 54.5 Å². The second-order valence-corrected chi connectivity index (χ2v) is 7.52. The van der Waals surface area contributed by atoms with Gasteiger partial charge in [0.15, 0.2) is 0 Å². The SMILES string of the molecule is C.CC.CC(C)c1c(F)c(C#N)cc(C2CC2)c1CC(=O)OC(C)(C)C. The Balaban J connectivity index is 0.00000201. The van der Waals surface area contributed by atoms with Crippen molar-refractivity contribution in [1.29, 1.82) is 5.26 Å². The van der Waals surface area contributed by atoms with Crippen molar-refractivity contribution in [3.8, 4) is 6.07 Å². The second kappa shape index (κ2) is 9.71. The van der Waals surface area contributed by atoms with Gasteiger partial charge in [-0.05, 0) is 68.2 Å². The molecule has 1 fully saturated rings. The van der Waals surface area contributed by atoms with Gasteiger partial charge < -0.3 is 4.74 Å². The van der Waals surface area contributed by atoms with Gasteiger partial charge >= 0.3 is 5.97 Å². The minimum atomic E-state index is -0.569. The van der Waals surface area contributed by atoms with E-state index in [0.717, 1.165) is 18.4 Å². The van der Waals surface area contributed by atoms with Crippen molar-refractivity contribution in [2.45, 2.75) is 92.6 Å². The van der Waals surface area contributed by atoms with Crippen LogP contribution in [-0.2, 0) is 16.0 Å². The molecule has 2 rings (SSSR count). The number of benzene rings is 1. The van der Waals surface area contributed by atoms with Crippen LogP contribution in [0.5, 0.6) is 0 Å².